The van der Waals surface area contributed by atoms with E-state index in [-0.39, 0.29) is 17.4 Å². The van der Waals surface area contributed by atoms with E-state index in [0.717, 1.165) is 50.5 Å². The molecule has 0 heterocycles. The van der Waals surface area contributed by atoms with Gasteiger partial charge in [-0.05, 0) is 69.1 Å². The smallest absolute Gasteiger partial charge is 0.220 e. The quantitative estimate of drug-likeness (QED) is 0.168. The first-order valence-electron chi connectivity index (χ1n) is 12.3. The highest BCUT2D eigenvalue weighted by molar-refractivity contribution is 5.75. The summed E-state index contributed by atoms with van der Waals surface area (Å²) in [6.07, 6.45) is 33.7. The van der Waals surface area contributed by atoms with Crippen molar-refractivity contribution in [2.75, 3.05) is 6.54 Å². The Morgan fingerprint density at radius 2 is 1.24 bits per heavy atom. The average Bonchev–Trinajstić information content (AvgIpc) is 2.83. The molecule has 0 aliphatic rings. The van der Waals surface area contributed by atoms with Crippen LogP contribution in [0.4, 0.5) is 0 Å². The van der Waals surface area contributed by atoms with Gasteiger partial charge in [0, 0.05) is 13.0 Å². The van der Waals surface area contributed by atoms with Gasteiger partial charge in [0.05, 0.1) is 0 Å². The van der Waals surface area contributed by atoms with Gasteiger partial charge in [-0.2, -0.15) is 0 Å². The first-order valence-corrected chi connectivity index (χ1v) is 12.3. The van der Waals surface area contributed by atoms with Crippen molar-refractivity contribution in [1.29, 1.82) is 0 Å². The molecule has 0 saturated carbocycles. The number of aromatic hydroxyl groups is 2. The number of rotatable bonds is 17. The highest BCUT2D eigenvalue weighted by atomic mass is 16.3. The van der Waals surface area contributed by atoms with Gasteiger partial charge >= 0.3 is 0 Å². The highest BCUT2D eigenvalue weighted by Crippen LogP contribution is 2.24. The second-order valence-electron chi connectivity index (χ2n) is 7.88. The van der Waals surface area contributed by atoms with Gasteiger partial charge < -0.3 is 15.5 Å². The van der Waals surface area contributed by atoms with Crippen molar-refractivity contribution < 1.29 is 15.0 Å². The van der Waals surface area contributed by atoms with Crippen LogP contribution in [0.3, 0.4) is 0 Å². The Bertz CT molecular complexity index is 860. The van der Waals surface area contributed by atoms with E-state index in [1.165, 1.54) is 12.1 Å². The van der Waals surface area contributed by atoms with Crippen LogP contribution in [0.25, 0.3) is 0 Å². The van der Waals surface area contributed by atoms with Crippen molar-refractivity contribution in [3.05, 3.63) is 96.7 Å². The molecule has 184 valence electrons. The molecule has 1 amide bonds. The Balaban J connectivity index is 2.00. The van der Waals surface area contributed by atoms with E-state index in [0.29, 0.717) is 19.4 Å². The van der Waals surface area contributed by atoms with E-state index in [2.05, 4.69) is 79.1 Å². The third-order valence-corrected chi connectivity index (χ3v) is 4.91. The van der Waals surface area contributed by atoms with Crippen molar-refractivity contribution in [3.8, 4) is 11.5 Å². The fourth-order valence-corrected chi connectivity index (χ4v) is 3.01. The molecule has 0 atom stereocenters. The van der Waals surface area contributed by atoms with Gasteiger partial charge in [0.2, 0.25) is 5.91 Å². The molecule has 0 bridgehead atoms. The first-order chi connectivity index (χ1) is 16.6. The Kier molecular flexibility index (Phi) is 17.2. The minimum atomic E-state index is -0.138. The topological polar surface area (TPSA) is 69.6 Å². The standard InChI is InChI=1S/C30H41NO3/c1-2-3-4-5-6-7-8-9-10-11-12-13-14-15-16-17-18-19-20-21-30(34)31-25-24-27-22-23-28(32)29(33)26-27/h3-4,6-7,9-10,12-13,15-16,18-19,22-23,26,32-33H,2,5,8,11,14,17,20-21,24-25H2,1H3,(H,31,34)/b4-3-,7-6+,10-9+,13-12+,16-15+,19-18+. The summed E-state index contributed by atoms with van der Waals surface area (Å²) in [4.78, 5) is 11.9. The maximum atomic E-state index is 11.9. The molecule has 34 heavy (non-hydrogen) atoms. The lowest BCUT2D eigenvalue weighted by Crippen LogP contribution is -2.25. The zero-order valence-corrected chi connectivity index (χ0v) is 20.5. The molecule has 0 aliphatic carbocycles. The first kappa shape index (κ1) is 28.8. The van der Waals surface area contributed by atoms with Crippen molar-refractivity contribution >= 4 is 5.91 Å². The number of nitrogens with one attached hydrogen (secondary N) is 1. The summed E-state index contributed by atoms with van der Waals surface area (Å²) in [5.74, 6) is -0.256. The van der Waals surface area contributed by atoms with Crippen molar-refractivity contribution in [2.45, 2.75) is 64.7 Å². The molecular weight excluding hydrogens is 422 g/mol. The number of carbonyl (C=O) groups is 1. The number of amides is 1. The summed E-state index contributed by atoms with van der Waals surface area (Å²) in [5.41, 5.74) is 0.868. The molecule has 1 rings (SSSR count). The maximum absolute atomic E-state index is 11.9. The van der Waals surface area contributed by atoms with Crippen LogP contribution in [0.1, 0.15) is 63.9 Å². The van der Waals surface area contributed by atoms with E-state index >= 15 is 0 Å². The lowest BCUT2D eigenvalue weighted by Gasteiger charge is -2.05. The molecule has 0 unspecified atom stereocenters. The summed E-state index contributed by atoms with van der Waals surface area (Å²) in [6, 6.07) is 4.70. The number of benzene rings is 1. The fraction of sp³-hybridized carbons (Fsp3) is 0.367. The molecule has 4 nitrogen and oxygen atoms in total. The van der Waals surface area contributed by atoms with Gasteiger partial charge in [-0.1, -0.05) is 85.9 Å². The van der Waals surface area contributed by atoms with E-state index < -0.39 is 0 Å². The van der Waals surface area contributed by atoms with Crippen LogP contribution in [0.15, 0.2) is 91.1 Å². The third-order valence-electron chi connectivity index (χ3n) is 4.91. The zero-order chi connectivity index (χ0) is 24.7. The van der Waals surface area contributed by atoms with Crippen LogP contribution in [-0.4, -0.2) is 22.7 Å². The number of hydrogen-bond acceptors (Lipinski definition) is 3. The van der Waals surface area contributed by atoms with E-state index in [9.17, 15) is 15.0 Å². The molecule has 1 aromatic carbocycles. The summed E-state index contributed by atoms with van der Waals surface area (Å²) in [7, 11) is 0. The second-order valence-corrected chi connectivity index (χ2v) is 7.88. The number of phenolic OH excluding ortho intramolecular Hbond substituents is 2. The summed E-state index contributed by atoms with van der Waals surface area (Å²) in [5, 5.41) is 21.7. The molecule has 3 N–H and O–H groups in total. The van der Waals surface area contributed by atoms with Crippen molar-refractivity contribution in [2.24, 2.45) is 0 Å². The Labute approximate surface area is 205 Å². The van der Waals surface area contributed by atoms with Crippen molar-refractivity contribution in [1.82, 2.24) is 5.32 Å². The van der Waals surface area contributed by atoms with Crippen LogP contribution in [-0.2, 0) is 11.2 Å². The van der Waals surface area contributed by atoms with Crippen molar-refractivity contribution in [3.63, 3.8) is 0 Å². The molecule has 0 saturated heterocycles. The Morgan fingerprint density at radius 3 is 1.74 bits per heavy atom. The highest BCUT2D eigenvalue weighted by Gasteiger charge is 2.02. The molecule has 0 fully saturated rings. The van der Waals surface area contributed by atoms with Gasteiger partial charge in [-0.15, -0.1) is 0 Å². The molecule has 4 heteroatoms. The molecular formula is C30H41NO3. The molecule has 0 aliphatic heterocycles. The van der Waals surface area contributed by atoms with Gasteiger partial charge in [0.1, 0.15) is 0 Å². The maximum Gasteiger partial charge on any atom is 0.220 e. The number of phenols is 2. The molecule has 1 aromatic rings. The molecule has 0 radical (unpaired) electrons. The van der Waals surface area contributed by atoms with Crippen LogP contribution in [0.2, 0.25) is 0 Å². The molecule has 0 aromatic heterocycles. The van der Waals surface area contributed by atoms with Crippen LogP contribution < -0.4 is 5.32 Å². The van der Waals surface area contributed by atoms with E-state index in [1.807, 2.05) is 6.08 Å². The average molecular weight is 464 g/mol. The summed E-state index contributed by atoms with van der Waals surface area (Å²) >= 11 is 0. The van der Waals surface area contributed by atoms with Gasteiger partial charge in [0.25, 0.3) is 0 Å². The van der Waals surface area contributed by atoms with Crippen LogP contribution in [0, 0.1) is 0 Å². The predicted molar refractivity (Wildman–Crippen MR) is 144 cm³/mol. The minimum Gasteiger partial charge on any atom is -0.504 e. The Morgan fingerprint density at radius 1 is 0.735 bits per heavy atom. The summed E-state index contributed by atoms with van der Waals surface area (Å²) in [6.45, 7) is 2.65. The monoisotopic (exact) mass is 463 g/mol. The minimum absolute atomic E-state index is 0.0162. The number of carbonyl (C=O) groups excluding carboxylic acids is 1. The zero-order valence-electron chi connectivity index (χ0n) is 20.5. The van der Waals surface area contributed by atoms with Crippen LogP contribution in [0.5, 0.6) is 11.5 Å². The van der Waals surface area contributed by atoms with Crippen LogP contribution >= 0.6 is 0 Å². The van der Waals surface area contributed by atoms with Gasteiger partial charge in [-0.3, -0.25) is 4.79 Å². The largest absolute Gasteiger partial charge is 0.504 e. The van der Waals surface area contributed by atoms with E-state index in [1.54, 1.807) is 6.07 Å². The SMILES string of the molecule is CC/C=C\C/C=C/C/C=C/C/C=C/C/C=C/C/C=C/CCC(=O)NCCc1ccc(O)c(O)c1. The van der Waals surface area contributed by atoms with E-state index in [4.69, 9.17) is 0 Å². The fourth-order valence-electron chi connectivity index (χ4n) is 3.01. The normalized spacial score (nSPS) is 12.5. The predicted octanol–water partition coefficient (Wildman–Crippen LogP) is 7.23. The number of allylic oxidation sites excluding steroid dienone is 12. The summed E-state index contributed by atoms with van der Waals surface area (Å²) < 4.78 is 0. The Hall–Kier alpha value is -3.27. The lowest BCUT2D eigenvalue weighted by molar-refractivity contribution is -0.120. The lowest BCUT2D eigenvalue weighted by atomic mass is 10.1. The van der Waals surface area contributed by atoms with Gasteiger partial charge in [0.15, 0.2) is 11.5 Å². The molecule has 0 spiro atoms. The second kappa shape index (κ2) is 20.3. The van der Waals surface area contributed by atoms with Gasteiger partial charge in [-0.25, -0.2) is 0 Å². The third kappa shape index (κ3) is 16.4. The number of hydrogen-bond donors (Lipinski definition) is 3.